The van der Waals surface area contributed by atoms with Crippen molar-refractivity contribution in [1.29, 1.82) is 0 Å². The molecule has 6 nitrogen and oxygen atoms in total. The number of nitrogens with one attached hydrogen (secondary N) is 1. The number of hydrogen-bond donors (Lipinski definition) is 1. The summed E-state index contributed by atoms with van der Waals surface area (Å²) in [4.78, 5) is 11.7. The Labute approximate surface area is 118 Å². The fourth-order valence-electron chi connectivity index (χ4n) is 1.37. The van der Waals surface area contributed by atoms with Crippen LogP contribution in [0.5, 0.6) is 0 Å². The van der Waals surface area contributed by atoms with E-state index in [1.165, 1.54) is 12.1 Å². The highest BCUT2D eigenvalue weighted by Crippen LogP contribution is 2.21. The summed E-state index contributed by atoms with van der Waals surface area (Å²) in [6.45, 7) is 1.60. The minimum absolute atomic E-state index is 0.0245. The van der Waals surface area contributed by atoms with Crippen molar-refractivity contribution in [1.82, 2.24) is 9.88 Å². The summed E-state index contributed by atoms with van der Waals surface area (Å²) in [6, 6.07) is 7.54. The Morgan fingerprint density at radius 1 is 1.37 bits per heavy atom. The van der Waals surface area contributed by atoms with E-state index in [4.69, 9.17) is 4.52 Å². The molecule has 2 aromatic rings. The number of nitrogens with zero attached hydrogens (tertiary/aromatic N) is 1. The molecule has 0 spiro atoms. The second-order valence-electron chi connectivity index (χ2n) is 3.69. The largest absolute Gasteiger partial charge is 0.361 e. The molecule has 1 aromatic heterocycles. The minimum atomic E-state index is -3.96. The van der Waals surface area contributed by atoms with E-state index in [0.717, 1.165) is 0 Å². The van der Waals surface area contributed by atoms with Crippen LogP contribution in [0, 0.1) is 6.92 Å². The molecule has 0 bridgehead atoms. The zero-order valence-corrected chi connectivity index (χ0v) is 12.2. The van der Waals surface area contributed by atoms with E-state index in [9.17, 15) is 13.2 Å². The van der Waals surface area contributed by atoms with Gasteiger partial charge in [0.05, 0.1) is 0 Å². The Morgan fingerprint density at radius 3 is 2.63 bits per heavy atom. The van der Waals surface area contributed by atoms with Crippen molar-refractivity contribution < 1.29 is 17.7 Å². The summed E-state index contributed by atoms with van der Waals surface area (Å²) in [7, 11) is -3.96. The number of benzene rings is 1. The van der Waals surface area contributed by atoms with Crippen molar-refractivity contribution in [2.45, 2.75) is 11.8 Å². The first-order valence-corrected chi connectivity index (χ1v) is 7.43. The number of aryl methyl sites for hydroxylation is 1. The summed E-state index contributed by atoms with van der Waals surface area (Å²) in [6.07, 6.45) is 0. The van der Waals surface area contributed by atoms with Crippen molar-refractivity contribution in [3.8, 4) is 0 Å². The predicted octanol–water partition coefficient (Wildman–Crippen LogP) is 1.86. The third-order valence-corrected chi connectivity index (χ3v) is 4.56. The number of carbonyl (C=O) groups is 1. The predicted molar refractivity (Wildman–Crippen MR) is 70.0 cm³/mol. The van der Waals surface area contributed by atoms with Crippen LogP contribution >= 0.6 is 15.9 Å². The SMILES string of the molecule is Cc1cc(C(=O)NS(=O)(=O)c2ccccc2Br)no1. The Morgan fingerprint density at radius 2 is 2.05 bits per heavy atom. The third kappa shape index (κ3) is 3.02. The number of hydrogen-bond acceptors (Lipinski definition) is 5. The molecule has 0 radical (unpaired) electrons. The van der Waals surface area contributed by atoms with Crippen LogP contribution in [0.25, 0.3) is 0 Å². The average molecular weight is 345 g/mol. The van der Waals surface area contributed by atoms with Crippen LogP contribution in [0.2, 0.25) is 0 Å². The van der Waals surface area contributed by atoms with E-state index in [-0.39, 0.29) is 10.6 Å². The second-order valence-corrected chi connectivity index (χ2v) is 6.19. The highest BCUT2D eigenvalue weighted by atomic mass is 79.9. The Kier molecular flexibility index (Phi) is 3.72. The monoisotopic (exact) mass is 344 g/mol. The van der Waals surface area contributed by atoms with Gasteiger partial charge in [-0.3, -0.25) is 4.79 Å². The summed E-state index contributed by atoms with van der Waals surface area (Å²) >= 11 is 3.12. The van der Waals surface area contributed by atoms with E-state index in [1.807, 2.05) is 4.72 Å². The van der Waals surface area contributed by atoms with Crippen molar-refractivity contribution in [3.05, 3.63) is 46.3 Å². The topological polar surface area (TPSA) is 89.3 Å². The highest BCUT2D eigenvalue weighted by Gasteiger charge is 2.22. The lowest BCUT2D eigenvalue weighted by molar-refractivity contribution is 0.0972. The van der Waals surface area contributed by atoms with Gasteiger partial charge in [-0.1, -0.05) is 17.3 Å². The van der Waals surface area contributed by atoms with Crippen LogP contribution < -0.4 is 4.72 Å². The highest BCUT2D eigenvalue weighted by molar-refractivity contribution is 9.10. The Hall–Kier alpha value is -1.67. The van der Waals surface area contributed by atoms with Gasteiger partial charge in [-0.2, -0.15) is 0 Å². The number of aromatic nitrogens is 1. The van der Waals surface area contributed by atoms with Crippen LogP contribution in [0.4, 0.5) is 0 Å². The van der Waals surface area contributed by atoms with E-state index < -0.39 is 15.9 Å². The van der Waals surface area contributed by atoms with Gasteiger partial charge in [-0.15, -0.1) is 0 Å². The number of carbonyl (C=O) groups excluding carboxylic acids is 1. The van der Waals surface area contributed by atoms with Gasteiger partial charge >= 0.3 is 0 Å². The molecule has 0 atom stereocenters. The zero-order chi connectivity index (χ0) is 14.0. The molecule has 0 aliphatic rings. The van der Waals surface area contributed by atoms with Gasteiger partial charge in [0.1, 0.15) is 10.7 Å². The van der Waals surface area contributed by atoms with Gasteiger partial charge in [0.2, 0.25) is 0 Å². The maximum absolute atomic E-state index is 12.0. The Bertz CT molecular complexity index is 724. The summed E-state index contributed by atoms with van der Waals surface area (Å²) in [5.41, 5.74) is -0.0897. The van der Waals surface area contributed by atoms with Gasteiger partial charge in [0, 0.05) is 10.5 Å². The van der Waals surface area contributed by atoms with E-state index in [2.05, 4.69) is 21.1 Å². The molecule has 8 heteroatoms. The summed E-state index contributed by atoms with van der Waals surface area (Å²) < 4.78 is 31.1. The van der Waals surface area contributed by atoms with E-state index in [0.29, 0.717) is 10.2 Å². The number of amides is 1. The van der Waals surface area contributed by atoms with Crippen molar-refractivity contribution in [3.63, 3.8) is 0 Å². The van der Waals surface area contributed by atoms with Gasteiger partial charge in [0.15, 0.2) is 5.69 Å². The van der Waals surface area contributed by atoms with Crippen LogP contribution in [0.1, 0.15) is 16.2 Å². The first-order valence-electron chi connectivity index (χ1n) is 5.15. The van der Waals surface area contributed by atoms with Crippen LogP contribution in [0.15, 0.2) is 44.2 Å². The molecule has 0 unspecified atom stereocenters. The van der Waals surface area contributed by atoms with Crippen LogP contribution in [0.3, 0.4) is 0 Å². The second kappa shape index (κ2) is 5.14. The average Bonchev–Trinajstić information content (AvgIpc) is 2.76. The third-order valence-electron chi connectivity index (χ3n) is 2.21. The fraction of sp³-hybridized carbons (Fsp3) is 0.0909. The molecule has 100 valence electrons. The summed E-state index contributed by atoms with van der Waals surface area (Å²) in [5.74, 6) is -0.420. The summed E-state index contributed by atoms with van der Waals surface area (Å²) in [5, 5.41) is 3.45. The number of sulfonamides is 1. The molecule has 0 saturated heterocycles. The molecule has 1 amide bonds. The normalized spacial score (nSPS) is 11.3. The van der Waals surface area contributed by atoms with Crippen molar-refractivity contribution in [2.24, 2.45) is 0 Å². The first kappa shape index (κ1) is 13.8. The van der Waals surface area contributed by atoms with Crippen molar-refractivity contribution >= 4 is 31.9 Å². The van der Waals surface area contributed by atoms with Crippen LogP contribution in [-0.4, -0.2) is 19.5 Å². The molecule has 19 heavy (non-hydrogen) atoms. The zero-order valence-electron chi connectivity index (χ0n) is 9.75. The molecular weight excluding hydrogens is 336 g/mol. The molecule has 0 aliphatic carbocycles. The fourth-order valence-corrected chi connectivity index (χ4v) is 3.33. The lowest BCUT2D eigenvalue weighted by atomic mass is 10.4. The molecule has 1 N–H and O–H groups in total. The van der Waals surface area contributed by atoms with Gasteiger partial charge in [-0.25, -0.2) is 13.1 Å². The van der Waals surface area contributed by atoms with Gasteiger partial charge in [0.25, 0.3) is 15.9 Å². The lowest BCUT2D eigenvalue weighted by Gasteiger charge is -2.06. The molecule has 2 rings (SSSR count). The molecular formula is C11H9BrN2O4S. The van der Waals surface area contributed by atoms with E-state index in [1.54, 1.807) is 25.1 Å². The van der Waals surface area contributed by atoms with Crippen molar-refractivity contribution in [2.75, 3.05) is 0 Å². The lowest BCUT2D eigenvalue weighted by Crippen LogP contribution is -2.31. The maximum Gasteiger partial charge on any atom is 0.287 e. The molecule has 0 aliphatic heterocycles. The standard InChI is InChI=1S/C11H9BrN2O4S/c1-7-6-9(13-18-7)11(15)14-19(16,17)10-5-3-2-4-8(10)12/h2-6H,1H3,(H,14,15). The van der Waals surface area contributed by atoms with Crippen LogP contribution in [-0.2, 0) is 10.0 Å². The molecule has 0 saturated carbocycles. The first-order chi connectivity index (χ1) is 8.90. The maximum atomic E-state index is 12.0. The van der Waals surface area contributed by atoms with E-state index >= 15 is 0 Å². The molecule has 0 fully saturated rings. The quantitative estimate of drug-likeness (QED) is 0.917. The minimum Gasteiger partial charge on any atom is -0.361 e. The number of rotatable bonds is 3. The van der Waals surface area contributed by atoms with Gasteiger partial charge < -0.3 is 4.52 Å². The van der Waals surface area contributed by atoms with Gasteiger partial charge in [-0.05, 0) is 35.0 Å². The number of halogens is 1. The smallest absolute Gasteiger partial charge is 0.287 e. The molecule has 1 heterocycles. The molecule has 1 aromatic carbocycles. The Balaban J connectivity index is 2.28.